The lowest BCUT2D eigenvalue weighted by molar-refractivity contribution is -0.918. The smallest absolute Gasteiger partial charge is 0.280 e. The van der Waals surface area contributed by atoms with E-state index >= 15 is 0 Å². The molecule has 2 saturated heterocycles. The number of carbonyl (C=O) groups is 1. The van der Waals surface area contributed by atoms with Gasteiger partial charge in [0.1, 0.15) is 0 Å². The van der Waals surface area contributed by atoms with Crippen molar-refractivity contribution in [3.8, 4) is 0 Å². The topological polar surface area (TPSA) is 62.1 Å². The molecule has 3 atom stereocenters. The average molecular weight is 409 g/mol. The van der Waals surface area contributed by atoms with Gasteiger partial charge in [0, 0.05) is 13.1 Å². The fourth-order valence-corrected chi connectivity index (χ4v) is 6.19. The molecular formula is C21H34N3O3S+. The lowest BCUT2D eigenvalue weighted by atomic mass is 9.91. The number of nitrogens with one attached hydrogen (secondary N) is 1. The van der Waals surface area contributed by atoms with Gasteiger partial charge in [-0.3, -0.25) is 4.79 Å². The van der Waals surface area contributed by atoms with E-state index in [0.29, 0.717) is 38.0 Å². The molecule has 0 aliphatic carbocycles. The summed E-state index contributed by atoms with van der Waals surface area (Å²) in [4.78, 5) is 16.2. The second-order valence-electron chi connectivity index (χ2n) is 8.71. The summed E-state index contributed by atoms with van der Waals surface area (Å²) in [6, 6.07) is 9.20. The molecule has 1 aromatic carbocycles. The normalized spacial score (nSPS) is 26.2. The number of sulfonamides is 1. The molecule has 0 bridgehead atoms. The maximum atomic E-state index is 13.0. The van der Waals surface area contributed by atoms with Gasteiger partial charge >= 0.3 is 0 Å². The highest BCUT2D eigenvalue weighted by molar-refractivity contribution is 7.88. The van der Waals surface area contributed by atoms with Crippen molar-refractivity contribution in [2.24, 2.45) is 11.8 Å². The maximum Gasteiger partial charge on any atom is 0.280 e. The van der Waals surface area contributed by atoms with Gasteiger partial charge in [-0.15, -0.1) is 0 Å². The van der Waals surface area contributed by atoms with Crippen LogP contribution < -0.4 is 4.90 Å². The number of rotatable bonds is 5. The first kappa shape index (κ1) is 21.3. The van der Waals surface area contributed by atoms with Crippen LogP contribution in [-0.4, -0.2) is 68.8 Å². The molecule has 1 amide bonds. The molecule has 0 spiro atoms. The number of quaternary nitrogens is 1. The molecule has 6 nitrogen and oxygen atoms in total. The third kappa shape index (κ3) is 5.13. The first-order valence-corrected chi connectivity index (χ1v) is 12.0. The highest BCUT2D eigenvalue weighted by Gasteiger charge is 2.36. The van der Waals surface area contributed by atoms with Crippen LogP contribution in [0, 0.1) is 11.8 Å². The van der Waals surface area contributed by atoms with Gasteiger partial charge in [-0.25, -0.2) is 8.42 Å². The monoisotopic (exact) mass is 408 g/mol. The van der Waals surface area contributed by atoms with Gasteiger partial charge in [-0.2, -0.15) is 4.31 Å². The molecule has 2 aliphatic heterocycles. The van der Waals surface area contributed by atoms with Gasteiger partial charge in [0.05, 0.1) is 31.9 Å². The number of benzene rings is 1. The number of hydrogen-bond acceptors (Lipinski definition) is 3. The van der Waals surface area contributed by atoms with Gasteiger partial charge in [-0.05, 0) is 30.7 Å². The minimum Gasteiger partial charge on any atom is -0.337 e. The molecule has 0 saturated carbocycles. The number of amides is 1. The zero-order valence-electron chi connectivity index (χ0n) is 17.3. The van der Waals surface area contributed by atoms with Crippen LogP contribution >= 0.6 is 0 Å². The van der Waals surface area contributed by atoms with Crippen LogP contribution in [0.2, 0.25) is 0 Å². The summed E-state index contributed by atoms with van der Waals surface area (Å²) in [5, 5.41) is 0. The SMILES string of the molecule is C[C@H]1C[C@H](C)CN(C(=O)[C@@H](C)[NH+]2CCN(S(=O)(=O)Cc3ccccc3)CC2)C1. The Morgan fingerprint density at radius 2 is 1.68 bits per heavy atom. The van der Waals surface area contributed by atoms with Crippen molar-refractivity contribution in [1.82, 2.24) is 9.21 Å². The van der Waals surface area contributed by atoms with Crippen molar-refractivity contribution in [3.63, 3.8) is 0 Å². The molecule has 0 radical (unpaired) electrons. The maximum absolute atomic E-state index is 13.0. The second kappa shape index (κ2) is 8.93. The Kier molecular flexibility index (Phi) is 6.78. The summed E-state index contributed by atoms with van der Waals surface area (Å²) in [5.74, 6) is 1.36. The Bertz CT molecular complexity index is 750. The summed E-state index contributed by atoms with van der Waals surface area (Å²) in [6.07, 6.45) is 1.18. The third-order valence-electron chi connectivity index (χ3n) is 6.11. The van der Waals surface area contributed by atoms with Crippen molar-refractivity contribution in [1.29, 1.82) is 0 Å². The molecule has 1 aromatic rings. The molecule has 7 heteroatoms. The zero-order chi connectivity index (χ0) is 20.3. The van der Waals surface area contributed by atoms with E-state index in [4.69, 9.17) is 0 Å². The van der Waals surface area contributed by atoms with E-state index in [2.05, 4.69) is 13.8 Å². The lowest BCUT2D eigenvalue weighted by Crippen LogP contribution is -3.19. The van der Waals surface area contributed by atoms with E-state index < -0.39 is 10.0 Å². The van der Waals surface area contributed by atoms with Crippen molar-refractivity contribution in [2.45, 2.75) is 39.0 Å². The van der Waals surface area contributed by atoms with Crippen molar-refractivity contribution in [3.05, 3.63) is 35.9 Å². The van der Waals surface area contributed by atoms with Crippen LogP contribution in [0.1, 0.15) is 32.8 Å². The quantitative estimate of drug-likeness (QED) is 0.777. The first-order chi connectivity index (χ1) is 13.3. The summed E-state index contributed by atoms with van der Waals surface area (Å²) in [6.45, 7) is 10.4. The van der Waals surface area contributed by atoms with Crippen LogP contribution in [0.3, 0.4) is 0 Å². The van der Waals surface area contributed by atoms with E-state index in [1.165, 1.54) is 11.3 Å². The molecule has 2 aliphatic rings. The fraction of sp³-hybridized carbons (Fsp3) is 0.667. The Morgan fingerprint density at radius 1 is 1.11 bits per heavy atom. The van der Waals surface area contributed by atoms with Crippen LogP contribution in [0.15, 0.2) is 30.3 Å². The zero-order valence-corrected chi connectivity index (χ0v) is 18.1. The summed E-state index contributed by atoms with van der Waals surface area (Å²) < 4.78 is 27.0. The van der Waals surface area contributed by atoms with E-state index in [9.17, 15) is 13.2 Å². The number of nitrogens with zero attached hydrogens (tertiary/aromatic N) is 2. The largest absolute Gasteiger partial charge is 0.337 e. The molecule has 3 rings (SSSR count). The van der Waals surface area contributed by atoms with E-state index in [-0.39, 0.29) is 17.7 Å². The number of likely N-dealkylation sites (tertiary alicyclic amines) is 1. The molecule has 28 heavy (non-hydrogen) atoms. The van der Waals surface area contributed by atoms with Gasteiger partial charge < -0.3 is 9.80 Å². The molecule has 0 aromatic heterocycles. The van der Waals surface area contributed by atoms with Gasteiger partial charge in [0.2, 0.25) is 10.0 Å². The summed E-state index contributed by atoms with van der Waals surface area (Å²) >= 11 is 0. The molecule has 156 valence electrons. The van der Waals surface area contributed by atoms with Gasteiger partial charge in [-0.1, -0.05) is 44.2 Å². The number of piperidine rings is 1. The average Bonchev–Trinajstić information content (AvgIpc) is 2.66. The molecule has 0 unspecified atom stereocenters. The van der Waals surface area contributed by atoms with Crippen LogP contribution in [-0.2, 0) is 20.6 Å². The van der Waals surface area contributed by atoms with Crippen molar-refractivity contribution < 1.29 is 18.1 Å². The van der Waals surface area contributed by atoms with Gasteiger partial charge in [0.15, 0.2) is 6.04 Å². The standard InChI is InChI=1S/C21H33N3O3S/c1-17-13-18(2)15-23(14-17)21(25)19(3)22-9-11-24(12-10-22)28(26,27)16-20-7-5-4-6-8-20/h4-8,17-19H,9-16H2,1-3H3/p+1/t17-,18-,19+/m0/s1. The number of piperazine rings is 1. The van der Waals surface area contributed by atoms with E-state index in [0.717, 1.165) is 18.7 Å². The van der Waals surface area contributed by atoms with Crippen molar-refractivity contribution in [2.75, 3.05) is 39.3 Å². The van der Waals surface area contributed by atoms with E-state index in [1.807, 2.05) is 42.2 Å². The predicted octanol–water partition coefficient (Wildman–Crippen LogP) is 0.610. The van der Waals surface area contributed by atoms with Gasteiger partial charge in [0.25, 0.3) is 5.91 Å². The minimum absolute atomic E-state index is 0.0429. The summed E-state index contributed by atoms with van der Waals surface area (Å²) in [5.41, 5.74) is 0.814. The Labute approximate surface area is 169 Å². The van der Waals surface area contributed by atoms with E-state index in [1.54, 1.807) is 4.31 Å². The van der Waals surface area contributed by atoms with Crippen molar-refractivity contribution >= 4 is 15.9 Å². The molecular weight excluding hydrogens is 374 g/mol. The molecule has 1 N–H and O–H groups in total. The predicted molar refractivity (Wildman–Crippen MR) is 110 cm³/mol. The number of carbonyl (C=O) groups excluding carboxylic acids is 1. The Balaban J connectivity index is 1.55. The lowest BCUT2D eigenvalue weighted by Gasteiger charge is -2.39. The Hall–Kier alpha value is -1.44. The highest BCUT2D eigenvalue weighted by Crippen LogP contribution is 2.21. The second-order valence-corrected chi connectivity index (χ2v) is 10.7. The fourth-order valence-electron chi connectivity index (χ4n) is 4.65. The van der Waals surface area contributed by atoms with Crippen LogP contribution in [0.25, 0.3) is 0 Å². The van der Waals surface area contributed by atoms with Crippen LogP contribution in [0.4, 0.5) is 0 Å². The minimum atomic E-state index is -3.32. The number of hydrogen-bond donors (Lipinski definition) is 1. The molecule has 2 heterocycles. The molecule has 2 fully saturated rings. The first-order valence-electron chi connectivity index (χ1n) is 10.4. The summed E-state index contributed by atoms with van der Waals surface area (Å²) in [7, 11) is -3.32. The third-order valence-corrected chi connectivity index (χ3v) is 7.96. The Morgan fingerprint density at radius 3 is 2.25 bits per heavy atom. The highest BCUT2D eigenvalue weighted by atomic mass is 32.2. The van der Waals surface area contributed by atoms with Crippen LogP contribution in [0.5, 0.6) is 0 Å².